The van der Waals surface area contributed by atoms with E-state index in [0.717, 1.165) is 22.3 Å². The maximum Gasteiger partial charge on any atom is 0.407 e. The van der Waals surface area contributed by atoms with Gasteiger partial charge in [-0.2, -0.15) is 0 Å². The molecular weight excluding hydrogens is 428 g/mol. The molecule has 1 unspecified atom stereocenters. The molecule has 0 fully saturated rings. The average Bonchev–Trinajstić information content (AvgIpc) is 3.13. The quantitative estimate of drug-likeness (QED) is 0.496. The van der Waals surface area contributed by atoms with E-state index >= 15 is 0 Å². The normalized spacial score (nSPS) is 13.8. The highest BCUT2D eigenvalue weighted by molar-refractivity contribution is 5.89. The van der Waals surface area contributed by atoms with Gasteiger partial charge in [-0.1, -0.05) is 48.5 Å². The van der Waals surface area contributed by atoms with Crippen molar-refractivity contribution in [2.75, 3.05) is 13.7 Å². The molecule has 9 nitrogen and oxygen atoms in total. The monoisotopic (exact) mass is 454 g/mol. The first-order chi connectivity index (χ1) is 15.8. The highest BCUT2D eigenvalue weighted by atomic mass is 16.5. The summed E-state index contributed by atoms with van der Waals surface area (Å²) in [6.07, 6.45) is -1.09. The highest BCUT2D eigenvalue weighted by Crippen LogP contribution is 2.44. The number of esters is 1. The lowest BCUT2D eigenvalue weighted by molar-refractivity contribution is -0.144. The molecule has 0 spiro atoms. The van der Waals surface area contributed by atoms with Crippen molar-refractivity contribution in [3.05, 3.63) is 59.7 Å². The summed E-state index contributed by atoms with van der Waals surface area (Å²) in [6, 6.07) is 13.5. The first-order valence-electron chi connectivity index (χ1n) is 10.5. The molecule has 2 aromatic carbocycles. The molecule has 2 atom stereocenters. The number of aliphatic carboxylic acids is 1. The van der Waals surface area contributed by atoms with Gasteiger partial charge in [0, 0.05) is 12.3 Å². The molecule has 1 aliphatic carbocycles. The minimum absolute atomic E-state index is 0.0884. The molecule has 174 valence electrons. The molecule has 3 rings (SSSR count). The summed E-state index contributed by atoms with van der Waals surface area (Å²) in [5.41, 5.74) is 4.32. The number of carboxylic acids is 1. The molecule has 9 heteroatoms. The minimum atomic E-state index is -1.29. The summed E-state index contributed by atoms with van der Waals surface area (Å²) >= 11 is 0. The third-order valence-corrected chi connectivity index (χ3v) is 5.55. The fourth-order valence-corrected chi connectivity index (χ4v) is 3.80. The zero-order valence-corrected chi connectivity index (χ0v) is 18.4. The fourth-order valence-electron chi connectivity index (χ4n) is 3.80. The van der Waals surface area contributed by atoms with Crippen molar-refractivity contribution in [3.63, 3.8) is 0 Å². The standard InChI is InChI=1S/C24H26N2O7/c1-14(22(28)26-20(23(29)30)11-12-21(27)32-2)25-24(31)33-13-19-17-9-5-3-7-15(17)16-8-4-6-10-18(16)19/h3-10,14,19-20H,11-13H2,1-2H3,(H,25,31)(H,26,28)(H,29,30)/t14?,20-/m0/s1. The number of benzene rings is 2. The van der Waals surface area contributed by atoms with Crippen LogP contribution in [0.1, 0.15) is 36.8 Å². The number of methoxy groups -OCH3 is 1. The van der Waals surface area contributed by atoms with Crippen LogP contribution in [-0.4, -0.2) is 54.8 Å². The van der Waals surface area contributed by atoms with Gasteiger partial charge in [0.05, 0.1) is 7.11 Å². The van der Waals surface area contributed by atoms with Gasteiger partial charge < -0.3 is 25.2 Å². The Labute approximate surface area is 191 Å². The van der Waals surface area contributed by atoms with E-state index in [1.165, 1.54) is 14.0 Å². The van der Waals surface area contributed by atoms with Gasteiger partial charge >= 0.3 is 18.0 Å². The van der Waals surface area contributed by atoms with Crippen molar-refractivity contribution >= 4 is 23.9 Å². The topological polar surface area (TPSA) is 131 Å². The second-order valence-electron chi connectivity index (χ2n) is 7.71. The molecule has 1 aliphatic rings. The first-order valence-corrected chi connectivity index (χ1v) is 10.5. The summed E-state index contributed by atoms with van der Waals surface area (Å²) < 4.78 is 9.88. The molecule has 2 amide bonds. The predicted molar refractivity (Wildman–Crippen MR) is 118 cm³/mol. The van der Waals surface area contributed by atoms with Crippen LogP contribution in [0.2, 0.25) is 0 Å². The number of fused-ring (bicyclic) bond motifs is 3. The van der Waals surface area contributed by atoms with E-state index in [-0.39, 0.29) is 25.4 Å². The molecule has 0 heterocycles. The molecule has 0 saturated carbocycles. The van der Waals surface area contributed by atoms with Crippen molar-refractivity contribution in [1.29, 1.82) is 0 Å². The molecular formula is C24H26N2O7. The Kier molecular flexibility index (Phi) is 7.66. The van der Waals surface area contributed by atoms with Gasteiger partial charge in [-0.05, 0) is 35.6 Å². The van der Waals surface area contributed by atoms with Crippen LogP contribution in [0, 0.1) is 0 Å². The van der Waals surface area contributed by atoms with Gasteiger partial charge in [-0.15, -0.1) is 0 Å². The lowest BCUT2D eigenvalue weighted by Gasteiger charge is -2.19. The lowest BCUT2D eigenvalue weighted by atomic mass is 9.98. The SMILES string of the molecule is COC(=O)CC[C@H](NC(=O)C(C)NC(=O)OCC1c2ccccc2-c2ccccc21)C(=O)O. The van der Waals surface area contributed by atoms with Crippen molar-refractivity contribution in [3.8, 4) is 11.1 Å². The molecule has 0 aromatic heterocycles. The maximum atomic E-state index is 12.3. The number of alkyl carbamates (subject to hydrolysis) is 1. The van der Waals surface area contributed by atoms with Crippen molar-refractivity contribution in [2.24, 2.45) is 0 Å². The summed E-state index contributed by atoms with van der Waals surface area (Å²) in [6.45, 7) is 1.50. The van der Waals surface area contributed by atoms with Crippen LogP contribution in [0.3, 0.4) is 0 Å². The van der Waals surface area contributed by atoms with E-state index in [1.807, 2.05) is 48.5 Å². The smallest absolute Gasteiger partial charge is 0.407 e. The van der Waals surface area contributed by atoms with E-state index < -0.39 is 36.0 Å². The number of ether oxygens (including phenoxy) is 2. The van der Waals surface area contributed by atoms with Gasteiger partial charge in [-0.3, -0.25) is 9.59 Å². The average molecular weight is 454 g/mol. The van der Waals surface area contributed by atoms with Gasteiger partial charge in [-0.25, -0.2) is 9.59 Å². The van der Waals surface area contributed by atoms with E-state index in [0.29, 0.717) is 0 Å². The predicted octanol–water partition coefficient (Wildman–Crippen LogP) is 2.44. The number of carboxylic acid groups (broad SMARTS) is 1. The lowest BCUT2D eigenvalue weighted by Crippen LogP contribution is -2.50. The number of carbonyl (C=O) groups excluding carboxylic acids is 3. The van der Waals surface area contributed by atoms with Crippen LogP contribution in [-0.2, 0) is 23.9 Å². The van der Waals surface area contributed by atoms with Crippen molar-refractivity contribution in [1.82, 2.24) is 10.6 Å². The zero-order chi connectivity index (χ0) is 24.0. The number of carbonyl (C=O) groups is 4. The summed E-state index contributed by atoms with van der Waals surface area (Å²) in [5.74, 6) is -2.70. The maximum absolute atomic E-state index is 12.3. The summed E-state index contributed by atoms with van der Waals surface area (Å²) in [5, 5.41) is 14.0. The van der Waals surface area contributed by atoms with Gasteiger partial charge in [0.25, 0.3) is 0 Å². The zero-order valence-electron chi connectivity index (χ0n) is 18.4. The molecule has 0 saturated heterocycles. The Morgan fingerprint density at radius 2 is 1.55 bits per heavy atom. The second kappa shape index (κ2) is 10.6. The third kappa shape index (κ3) is 5.68. The van der Waals surface area contributed by atoms with Crippen molar-refractivity contribution in [2.45, 2.75) is 37.8 Å². The number of amides is 2. The molecule has 0 radical (unpaired) electrons. The van der Waals surface area contributed by atoms with Crippen LogP contribution >= 0.6 is 0 Å². The van der Waals surface area contributed by atoms with Crippen LogP contribution in [0.25, 0.3) is 11.1 Å². The molecule has 0 aliphatic heterocycles. The first kappa shape index (κ1) is 23.8. The van der Waals surface area contributed by atoms with Crippen molar-refractivity contribution < 1.29 is 33.8 Å². The third-order valence-electron chi connectivity index (χ3n) is 5.55. The molecule has 33 heavy (non-hydrogen) atoms. The van der Waals surface area contributed by atoms with Crippen LogP contribution in [0.5, 0.6) is 0 Å². The number of nitrogens with one attached hydrogen (secondary N) is 2. The Balaban J connectivity index is 1.55. The van der Waals surface area contributed by atoms with Gasteiger partial charge in [0.2, 0.25) is 5.91 Å². The van der Waals surface area contributed by atoms with E-state index in [1.54, 1.807) is 0 Å². The number of rotatable bonds is 9. The molecule has 0 bridgehead atoms. The van der Waals surface area contributed by atoms with E-state index in [2.05, 4.69) is 15.4 Å². The Bertz CT molecular complexity index is 1010. The number of hydrogen-bond acceptors (Lipinski definition) is 6. The Morgan fingerprint density at radius 1 is 0.970 bits per heavy atom. The van der Waals surface area contributed by atoms with Crippen LogP contribution < -0.4 is 10.6 Å². The van der Waals surface area contributed by atoms with Gasteiger partial charge in [0.1, 0.15) is 18.7 Å². The van der Waals surface area contributed by atoms with Gasteiger partial charge in [0.15, 0.2) is 0 Å². The number of hydrogen-bond donors (Lipinski definition) is 3. The Morgan fingerprint density at radius 3 is 2.09 bits per heavy atom. The summed E-state index contributed by atoms with van der Waals surface area (Å²) in [4.78, 5) is 47.2. The van der Waals surface area contributed by atoms with E-state index in [9.17, 15) is 24.3 Å². The molecule has 2 aromatic rings. The highest BCUT2D eigenvalue weighted by Gasteiger charge is 2.30. The van der Waals surface area contributed by atoms with E-state index in [4.69, 9.17) is 4.74 Å². The second-order valence-corrected chi connectivity index (χ2v) is 7.71. The molecule has 3 N–H and O–H groups in total. The minimum Gasteiger partial charge on any atom is -0.480 e. The largest absolute Gasteiger partial charge is 0.480 e. The fraction of sp³-hybridized carbons (Fsp3) is 0.333. The Hall–Kier alpha value is -3.88. The van der Waals surface area contributed by atoms with Crippen LogP contribution in [0.4, 0.5) is 4.79 Å². The van der Waals surface area contributed by atoms with Crippen LogP contribution in [0.15, 0.2) is 48.5 Å². The summed E-state index contributed by atoms with van der Waals surface area (Å²) in [7, 11) is 1.19.